The van der Waals surface area contributed by atoms with E-state index in [1.54, 1.807) is 7.11 Å². The molecule has 130 valence electrons. The lowest BCUT2D eigenvalue weighted by atomic mass is 9.99. The third-order valence-electron chi connectivity index (χ3n) is 5.51. The number of amides is 1. The second-order valence-electron chi connectivity index (χ2n) is 7.22. The van der Waals surface area contributed by atoms with Gasteiger partial charge in [0.05, 0.1) is 25.2 Å². The number of hydrogen-bond acceptors (Lipinski definition) is 4. The third kappa shape index (κ3) is 3.15. The Morgan fingerprint density at radius 1 is 1.29 bits per heavy atom. The molecule has 1 amide bonds. The second kappa shape index (κ2) is 6.73. The van der Waals surface area contributed by atoms with Crippen molar-refractivity contribution in [3.8, 4) is 5.75 Å². The van der Waals surface area contributed by atoms with Crippen molar-refractivity contribution in [3.05, 3.63) is 29.8 Å². The van der Waals surface area contributed by atoms with Crippen LogP contribution in [0.25, 0.3) is 0 Å². The maximum Gasteiger partial charge on any atom is 0.228 e. The van der Waals surface area contributed by atoms with E-state index in [9.17, 15) is 4.79 Å². The molecular weight excluding hydrogens is 304 g/mol. The van der Waals surface area contributed by atoms with Crippen molar-refractivity contribution in [1.82, 2.24) is 9.80 Å². The Morgan fingerprint density at radius 3 is 2.92 bits per heavy atom. The lowest BCUT2D eigenvalue weighted by Gasteiger charge is -2.33. The van der Waals surface area contributed by atoms with Crippen molar-refractivity contribution in [2.24, 2.45) is 5.92 Å². The van der Waals surface area contributed by atoms with Crippen LogP contribution < -0.4 is 4.74 Å². The van der Waals surface area contributed by atoms with E-state index in [0.717, 1.165) is 57.7 Å². The Bertz CT molecular complexity index is 600. The number of methoxy groups -OCH3 is 1. The van der Waals surface area contributed by atoms with Gasteiger partial charge in [-0.15, -0.1) is 0 Å². The molecule has 24 heavy (non-hydrogen) atoms. The van der Waals surface area contributed by atoms with Gasteiger partial charge in [-0.3, -0.25) is 9.69 Å². The Balaban J connectivity index is 1.40. The monoisotopic (exact) mass is 330 g/mol. The molecule has 3 aliphatic heterocycles. The van der Waals surface area contributed by atoms with E-state index in [-0.39, 0.29) is 18.1 Å². The number of morpholine rings is 1. The Morgan fingerprint density at radius 2 is 2.12 bits per heavy atom. The molecule has 3 aliphatic rings. The highest BCUT2D eigenvalue weighted by Gasteiger charge is 2.45. The highest BCUT2D eigenvalue weighted by Crippen LogP contribution is 2.34. The number of hydrogen-bond donors (Lipinski definition) is 0. The number of fused-ring (bicyclic) bond motifs is 2. The minimum atomic E-state index is 0.0578. The van der Waals surface area contributed by atoms with Crippen LogP contribution >= 0.6 is 0 Å². The average Bonchev–Trinajstić information content (AvgIpc) is 3.22. The minimum absolute atomic E-state index is 0.0578. The molecule has 0 spiro atoms. The molecule has 0 saturated carbocycles. The van der Waals surface area contributed by atoms with Gasteiger partial charge in [-0.25, -0.2) is 0 Å². The van der Waals surface area contributed by atoms with Gasteiger partial charge in [0.25, 0.3) is 0 Å². The molecule has 1 aromatic rings. The van der Waals surface area contributed by atoms with Gasteiger partial charge in [0, 0.05) is 32.7 Å². The fourth-order valence-electron chi connectivity index (χ4n) is 4.33. The van der Waals surface area contributed by atoms with Crippen LogP contribution in [0.5, 0.6) is 5.75 Å². The molecule has 0 aromatic heterocycles. The van der Waals surface area contributed by atoms with Crippen LogP contribution in [-0.4, -0.2) is 61.2 Å². The molecule has 3 atom stereocenters. The summed E-state index contributed by atoms with van der Waals surface area (Å²) >= 11 is 0. The van der Waals surface area contributed by atoms with E-state index in [1.807, 2.05) is 17.0 Å². The lowest BCUT2D eigenvalue weighted by Crippen LogP contribution is -2.45. The van der Waals surface area contributed by atoms with Crippen molar-refractivity contribution in [2.75, 3.05) is 33.3 Å². The molecule has 3 fully saturated rings. The number of carbonyl (C=O) groups is 1. The van der Waals surface area contributed by atoms with E-state index in [1.165, 1.54) is 5.56 Å². The highest BCUT2D eigenvalue weighted by atomic mass is 16.5. The normalized spacial score (nSPS) is 29.9. The number of benzene rings is 1. The van der Waals surface area contributed by atoms with Gasteiger partial charge in [-0.1, -0.05) is 12.1 Å². The van der Waals surface area contributed by atoms with Crippen molar-refractivity contribution < 1.29 is 14.3 Å². The van der Waals surface area contributed by atoms with Gasteiger partial charge in [0.2, 0.25) is 5.91 Å². The molecule has 4 rings (SSSR count). The van der Waals surface area contributed by atoms with Gasteiger partial charge in [0.15, 0.2) is 0 Å². The van der Waals surface area contributed by atoms with Crippen LogP contribution in [0.1, 0.15) is 24.8 Å². The molecule has 0 aliphatic carbocycles. The Labute approximate surface area is 143 Å². The van der Waals surface area contributed by atoms with E-state index in [0.29, 0.717) is 5.91 Å². The molecule has 3 heterocycles. The predicted octanol–water partition coefficient (Wildman–Crippen LogP) is 1.91. The zero-order chi connectivity index (χ0) is 16.5. The highest BCUT2D eigenvalue weighted by molar-refractivity contribution is 5.80. The first kappa shape index (κ1) is 15.9. The van der Waals surface area contributed by atoms with Gasteiger partial charge < -0.3 is 14.4 Å². The molecule has 1 aromatic carbocycles. The number of likely N-dealkylation sites (tertiary alicyclic amines) is 2. The van der Waals surface area contributed by atoms with Gasteiger partial charge in [0.1, 0.15) is 5.75 Å². The van der Waals surface area contributed by atoms with Gasteiger partial charge in [-0.05, 0) is 37.0 Å². The first-order valence-electron chi connectivity index (χ1n) is 9.02. The Hall–Kier alpha value is -1.59. The summed E-state index contributed by atoms with van der Waals surface area (Å²) in [6, 6.07) is 8.22. The standard InChI is InChI=1S/C19H26N2O3/c1-23-15-6-4-5-14(9-15)11-20-12-16-10-17(18(13-20)24-16)19(22)21-7-2-3-8-21/h4-6,9,16-18H,2-3,7-8,10-13H2,1H3/t16-,17+,18-/m1/s1. The summed E-state index contributed by atoms with van der Waals surface area (Å²) in [6.07, 6.45) is 3.44. The van der Waals surface area contributed by atoms with Crippen LogP contribution in [0.15, 0.2) is 24.3 Å². The molecule has 5 nitrogen and oxygen atoms in total. The summed E-state index contributed by atoms with van der Waals surface area (Å²) in [7, 11) is 1.70. The lowest BCUT2D eigenvalue weighted by molar-refractivity contribution is -0.137. The van der Waals surface area contributed by atoms with Crippen molar-refractivity contribution in [1.29, 1.82) is 0 Å². The molecular formula is C19H26N2O3. The number of nitrogens with zero attached hydrogens (tertiary/aromatic N) is 2. The Kier molecular flexibility index (Phi) is 4.46. The molecule has 0 unspecified atom stereocenters. The molecule has 2 bridgehead atoms. The second-order valence-corrected chi connectivity index (χ2v) is 7.22. The van der Waals surface area contributed by atoms with Crippen LogP contribution in [0.4, 0.5) is 0 Å². The van der Waals surface area contributed by atoms with E-state index < -0.39 is 0 Å². The summed E-state index contributed by atoms with van der Waals surface area (Å²) in [5.41, 5.74) is 1.25. The quantitative estimate of drug-likeness (QED) is 0.846. The van der Waals surface area contributed by atoms with E-state index in [2.05, 4.69) is 17.0 Å². The third-order valence-corrected chi connectivity index (χ3v) is 5.51. The van der Waals surface area contributed by atoms with Crippen molar-refractivity contribution in [2.45, 2.75) is 38.0 Å². The summed E-state index contributed by atoms with van der Waals surface area (Å²) in [5.74, 6) is 1.28. The van der Waals surface area contributed by atoms with Gasteiger partial charge >= 0.3 is 0 Å². The predicted molar refractivity (Wildman–Crippen MR) is 90.9 cm³/mol. The molecule has 5 heteroatoms. The van der Waals surface area contributed by atoms with Crippen LogP contribution in [0.3, 0.4) is 0 Å². The zero-order valence-electron chi connectivity index (χ0n) is 14.3. The summed E-state index contributed by atoms with van der Waals surface area (Å²) in [6.45, 7) is 4.51. The minimum Gasteiger partial charge on any atom is -0.497 e. The van der Waals surface area contributed by atoms with Gasteiger partial charge in [-0.2, -0.15) is 0 Å². The van der Waals surface area contributed by atoms with Crippen molar-refractivity contribution >= 4 is 5.91 Å². The molecule has 0 radical (unpaired) electrons. The molecule has 0 N–H and O–H groups in total. The van der Waals surface area contributed by atoms with Crippen molar-refractivity contribution in [3.63, 3.8) is 0 Å². The fourth-order valence-corrected chi connectivity index (χ4v) is 4.33. The smallest absolute Gasteiger partial charge is 0.228 e. The maximum atomic E-state index is 12.7. The summed E-state index contributed by atoms with van der Waals surface area (Å²) in [5, 5.41) is 0. The zero-order valence-corrected chi connectivity index (χ0v) is 14.3. The van der Waals surface area contributed by atoms with E-state index >= 15 is 0 Å². The summed E-state index contributed by atoms with van der Waals surface area (Å²) < 4.78 is 11.4. The van der Waals surface area contributed by atoms with Crippen LogP contribution in [0, 0.1) is 5.92 Å². The first-order valence-corrected chi connectivity index (χ1v) is 9.02. The number of carbonyl (C=O) groups excluding carboxylic acids is 1. The summed E-state index contributed by atoms with van der Waals surface area (Å²) in [4.78, 5) is 17.2. The van der Waals surface area contributed by atoms with E-state index in [4.69, 9.17) is 9.47 Å². The van der Waals surface area contributed by atoms with Crippen LogP contribution in [0.2, 0.25) is 0 Å². The molecule has 3 saturated heterocycles. The number of rotatable bonds is 4. The van der Waals surface area contributed by atoms with Crippen LogP contribution in [-0.2, 0) is 16.1 Å². The average molecular weight is 330 g/mol. The number of ether oxygens (including phenoxy) is 2. The fraction of sp³-hybridized carbons (Fsp3) is 0.632. The first-order chi connectivity index (χ1) is 11.7. The topological polar surface area (TPSA) is 42.0 Å². The largest absolute Gasteiger partial charge is 0.497 e. The SMILES string of the molecule is COc1cccc(CN2C[C@H]3C[C@H](C(=O)N4CCCC4)[C@@H](C2)O3)c1. The maximum absolute atomic E-state index is 12.7.